The number of hydrogen-bond donors (Lipinski definition) is 0. The minimum absolute atomic E-state index is 0.0430. The number of ketones is 1. The van der Waals surface area contributed by atoms with E-state index in [0.717, 1.165) is 45.1 Å². The van der Waals surface area contributed by atoms with Crippen molar-refractivity contribution in [3.63, 3.8) is 0 Å². The van der Waals surface area contributed by atoms with E-state index in [4.69, 9.17) is 4.74 Å². The smallest absolute Gasteiger partial charge is 0.306 e. The molecule has 4 aliphatic carbocycles. The third-order valence-electron chi connectivity index (χ3n) is 10.1. The van der Waals surface area contributed by atoms with E-state index in [1.165, 1.54) is 11.1 Å². The van der Waals surface area contributed by atoms with E-state index in [-0.39, 0.29) is 34.1 Å². The first kappa shape index (κ1) is 21.9. The number of carbonyl (C=O) groups excluding carboxylic acids is 3. The monoisotopic (exact) mass is 439 g/mol. The van der Waals surface area contributed by atoms with Gasteiger partial charge in [0, 0.05) is 43.7 Å². The van der Waals surface area contributed by atoms with E-state index in [9.17, 15) is 14.4 Å². The molecular weight excluding hydrogens is 402 g/mol. The molecule has 5 nitrogen and oxygen atoms in total. The highest BCUT2D eigenvalue weighted by Crippen LogP contribution is 2.69. The molecule has 6 atom stereocenters. The summed E-state index contributed by atoms with van der Waals surface area (Å²) >= 11 is 0. The van der Waals surface area contributed by atoms with Crippen molar-refractivity contribution in [2.24, 2.45) is 28.6 Å². The number of fused-ring (bicyclic) bond motifs is 6. The Morgan fingerprint density at radius 1 is 1.19 bits per heavy atom. The second-order valence-electron chi connectivity index (χ2n) is 11.4. The molecule has 1 heterocycles. The lowest BCUT2D eigenvalue weighted by Crippen LogP contribution is -2.54. The first-order valence-electron chi connectivity index (χ1n) is 12.6. The molecule has 3 fully saturated rings. The molecule has 0 radical (unpaired) electrons. The molecule has 5 rings (SSSR count). The number of carbonyl (C=O) groups is 3. The van der Waals surface area contributed by atoms with Crippen LogP contribution in [0.2, 0.25) is 0 Å². The van der Waals surface area contributed by atoms with Gasteiger partial charge in [-0.3, -0.25) is 14.4 Å². The molecular formula is C27H37NO4. The molecule has 0 bridgehead atoms. The minimum Gasteiger partial charge on any atom is -0.458 e. The van der Waals surface area contributed by atoms with Crippen LogP contribution < -0.4 is 0 Å². The van der Waals surface area contributed by atoms with Gasteiger partial charge in [-0.1, -0.05) is 31.1 Å². The van der Waals surface area contributed by atoms with Gasteiger partial charge in [0.15, 0.2) is 5.78 Å². The number of rotatable bonds is 3. The summed E-state index contributed by atoms with van der Waals surface area (Å²) < 4.78 is 6.09. The maximum atomic E-state index is 12.3. The van der Waals surface area contributed by atoms with Gasteiger partial charge in [0.05, 0.1) is 0 Å². The van der Waals surface area contributed by atoms with Crippen molar-refractivity contribution in [2.45, 2.75) is 84.7 Å². The van der Waals surface area contributed by atoms with E-state index in [0.29, 0.717) is 37.1 Å². The van der Waals surface area contributed by atoms with Crippen molar-refractivity contribution >= 4 is 17.7 Å². The molecule has 5 aliphatic rings. The summed E-state index contributed by atoms with van der Waals surface area (Å²) in [6.45, 7) is 9.83. The van der Waals surface area contributed by atoms with E-state index in [2.05, 4.69) is 19.9 Å². The van der Waals surface area contributed by atoms with Crippen LogP contribution in [-0.4, -0.2) is 41.3 Å². The summed E-state index contributed by atoms with van der Waals surface area (Å²) in [4.78, 5) is 38.8. The van der Waals surface area contributed by atoms with Gasteiger partial charge in [0.25, 0.3) is 0 Å². The fourth-order valence-electron chi connectivity index (χ4n) is 8.22. The molecule has 1 saturated heterocycles. The number of esters is 1. The lowest BCUT2D eigenvalue weighted by atomic mass is 9.48. The molecule has 2 saturated carbocycles. The van der Waals surface area contributed by atoms with E-state index >= 15 is 0 Å². The summed E-state index contributed by atoms with van der Waals surface area (Å²) in [5.41, 5.74) is 2.33. The number of amides is 1. The van der Waals surface area contributed by atoms with Crippen LogP contribution >= 0.6 is 0 Å². The predicted molar refractivity (Wildman–Crippen MR) is 122 cm³/mol. The van der Waals surface area contributed by atoms with Crippen LogP contribution in [0.25, 0.3) is 0 Å². The normalized spacial score (nSPS) is 42.6. The second-order valence-corrected chi connectivity index (χ2v) is 11.4. The fourth-order valence-corrected chi connectivity index (χ4v) is 8.22. The topological polar surface area (TPSA) is 63.7 Å². The van der Waals surface area contributed by atoms with Crippen molar-refractivity contribution in [3.05, 3.63) is 23.3 Å². The van der Waals surface area contributed by atoms with Gasteiger partial charge in [0.2, 0.25) is 5.91 Å². The molecule has 0 aromatic heterocycles. The molecule has 1 spiro atoms. The number of allylic oxidation sites excluding steroid dienone is 4. The zero-order chi connectivity index (χ0) is 22.9. The minimum atomic E-state index is -0.327. The van der Waals surface area contributed by atoms with Gasteiger partial charge < -0.3 is 9.64 Å². The third-order valence-corrected chi connectivity index (χ3v) is 10.1. The van der Waals surface area contributed by atoms with Crippen molar-refractivity contribution in [2.75, 3.05) is 13.1 Å². The Balaban J connectivity index is 1.59. The van der Waals surface area contributed by atoms with Crippen molar-refractivity contribution in [1.29, 1.82) is 0 Å². The Bertz CT molecular complexity index is 934. The highest BCUT2D eigenvalue weighted by molar-refractivity contribution is 5.92. The largest absolute Gasteiger partial charge is 0.458 e. The van der Waals surface area contributed by atoms with Gasteiger partial charge in [-0.15, -0.1) is 0 Å². The fraction of sp³-hybridized carbons (Fsp3) is 0.741. The zero-order valence-electron chi connectivity index (χ0n) is 20.0. The van der Waals surface area contributed by atoms with Gasteiger partial charge in [-0.25, -0.2) is 0 Å². The number of nitrogens with zero attached hydrogens (tertiary/aromatic N) is 1. The van der Waals surface area contributed by atoms with Crippen LogP contribution in [0.3, 0.4) is 0 Å². The Hall–Kier alpha value is -1.91. The van der Waals surface area contributed by atoms with E-state index in [1.54, 1.807) is 6.92 Å². The average Bonchev–Trinajstić information content (AvgIpc) is 3.27. The molecule has 32 heavy (non-hydrogen) atoms. The summed E-state index contributed by atoms with van der Waals surface area (Å²) in [6, 6.07) is 0. The maximum Gasteiger partial charge on any atom is 0.306 e. The van der Waals surface area contributed by atoms with E-state index < -0.39 is 0 Å². The number of hydrogen-bond acceptors (Lipinski definition) is 4. The van der Waals surface area contributed by atoms with Crippen LogP contribution in [0, 0.1) is 28.6 Å². The molecule has 0 N–H and O–H groups in total. The summed E-state index contributed by atoms with van der Waals surface area (Å²) in [6.07, 6.45) is 11.1. The van der Waals surface area contributed by atoms with E-state index in [1.807, 2.05) is 17.9 Å². The first-order chi connectivity index (χ1) is 15.1. The SMILES string of the molecule is CCN(C[C@@H]1CC2=CC(=O)CCC2(C)C2=CCC3(C)C(CCC34CCC(=O)O4)C21)C(C)=O. The van der Waals surface area contributed by atoms with Gasteiger partial charge in [-0.2, -0.15) is 0 Å². The Kier molecular flexibility index (Phi) is 5.00. The molecule has 0 aromatic carbocycles. The summed E-state index contributed by atoms with van der Waals surface area (Å²) in [5, 5.41) is 0. The van der Waals surface area contributed by atoms with Crippen LogP contribution in [0.5, 0.6) is 0 Å². The van der Waals surface area contributed by atoms with Gasteiger partial charge in [0.1, 0.15) is 5.60 Å². The average molecular weight is 440 g/mol. The molecule has 0 aromatic rings. The third kappa shape index (κ3) is 2.92. The van der Waals surface area contributed by atoms with Crippen molar-refractivity contribution in [3.8, 4) is 0 Å². The van der Waals surface area contributed by atoms with Crippen LogP contribution in [0.15, 0.2) is 23.3 Å². The first-order valence-corrected chi connectivity index (χ1v) is 12.6. The van der Waals surface area contributed by atoms with Crippen LogP contribution in [0.4, 0.5) is 0 Å². The molecule has 5 unspecified atom stereocenters. The summed E-state index contributed by atoms with van der Waals surface area (Å²) in [7, 11) is 0. The Morgan fingerprint density at radius 3 is 2.62 bits per heavy atom. The second kappa shape index (κ2) is 7.30. The summed E-state index contributed by atoms with van der Waals surface area (Å²) in [5.74, 6) is 1.43. The predicted octanol–water partition coefficient (Wildman–Crippen LogP) is 4.61. The lowest BCUT2D eigenvalue weighted by Gasteiger charge is -2.57. The molecule has 5 heteroatoms. The Morgan fingerprint density at radius 2 is 1.97 bits per heavy atom. The molecule has 1 aliphatic heterocycles. The highest BCUT2D eigenvalue weighted by Gasteiger charge is 2.66. The Labute approximate surface area is 191 Å². The zero-order valence-corrected chi connectivity index (χ0v) is 20.0. The lowest BCUT2D eigenvalue weighted by molar-refractivity contribution is -0.161. The van der Waals surface area contributed by atoms with Gasteiger partial charge in [-0.05, 0) is 69.3 Å². The quantitative estimate of drug-likeness (QED) is 0.476. The van der Waals surface area contributed by atoms with Crippen LogP contribution in [-0.2, 0) is 19.1 Å². The number of ether oxygens (including phenoxy) is 1. The van der Waals surface area contributed by atoms with Crippen LogP contribution in [0.1, 0.15) is 79.1 Å². The molecule has 1 amide bonds. The van der Waals surface area contributed by atoms with Crippen molar-refractivity contribution in [1.82, 2.24) is 4.90 Å². The van der Waals surface area contributed by atoms with Gasteiger partial charge >= 0.3 is 5.97 Å². The molecule has 174 valence electrons. The standard InChI is InChI=1S/C27H37NO4/c1-5-28(17(2)29)16-18-14-19-15-20(30)6-10-25(19,3)21-7-11-26(4)22(24(18)21)8-12-27(26)13-9-23(31)32-27/h7,15,18,22,24H,5-6,8-14,16H2,1-4H3/t18-,22?,24?,25?,26?,27?/m0/s1. The maximum absolute atomic E-state index is 12.3. The highest BCUT2D eigenvalue weighted by atomic mass is 16.6. The van der Waals surface area contributed by atoms with Crippen molar-refractivity contribution < 1.29 is 19.1 Å².